The van der Waals surface area contributed by atoms with Gasteiger partial charge in [0.05, 0.1) is 14.2 Å². The molecule has 4 nitrogen and oxygen atoms in total. The summed E-state index contributed by atoms with van der Waals surface area (Å²) in [5, 5.41) is 4.13. The van der Waals surface area contributed by atoms with Crippen LogP contribution in [0.2, 0.25) is 5.02 Å². The van der Waals surface area contributed by atoms with Crippen molar-refractivity contribution in [3.05, 3.63) is 95.0 Å². The highest BCUT2D eigenvalue weighted by Gasteiger charge is 2.13. The van der Waals surface area contributed by atoms with Crippen LogP contribution in [-0.2, 0) is 19.6 Å². The van der Waals surface area contributed by atoms with E-state index in [0.717, 1.165) is 33.9 Å². The van der Waals surface area contributed by atoms with E-state index in [1.54, 1.807) is 14.2 Å². The number of ether oxygens (including phenoxy) is 3. The van der Waals surface area contributed by atoms with E-state index in [-0.39, 0.29) is 0 Å². The molecule has 5 heteroatoms. The normalized spacial score (nSPS) is 10.4. The van der Waals surface area contributed by atoms with Gasteiger partial charge in [-0.15, -0.1) is 6.58 Å². The Morgan fingerprint density at radius 2 is 1.67 bits per heavy atom. The Morgan fingerprint density at radius 3 is 2.30 bits per heavy atom. The minimum Gasteiger partial charge on any atom is -0.497 e. The van der Waals surface area contributed by atoms with E-state index < -0.39 is 0 Å². The molecule has 0 fully saturated rings. The van der Waals surface area contributed by atoms with Gasteiger partial charge in [-0.3, -0.25) is 0 Å². The van der Waals surface area contributed by atoms with E-state index in [1.165, 1.54) is 0 Å². The van der Waals surface area contributed by atoms with Crippen molar-refractivity contribution in [1.29, 1.82) is 0 Å². The minimum atomic E-state index is 0.432. The van der Waals surface area contributed by atoms with E-state index in [9.17, 15) is 0 Å². The molecule has 0 aliphatic rings. The molecule has 0 aromatic heterocycles. The third-order valence-electron chi connectivity index (χ3n) is 4.66. The molecule has 30 heavy (non-hydrogen) atoms. The van der Waals surface area contributed by atoms with Crippen molar-refractivity contribution in [2.45, 2.75) is 19.6 Å². The van der Waals surface area contributed by atoms with Crippen molar-refractivity contribution in [2.24, 2.45) is 0 Å². The van der Waals surface area contributed by atoms with Crippen molar-refractivity contribution in [2.75, 3.05) is 19.5 Å². The first-order valence-corrected chi connectivity index (χ1v) is 10.1. The highest BCUT2D eigenvalue weighted by atomic mass is 35.5. The number of benzene rings is 3. The molecule has 0 saturated carbocycles. The van der Waals surface area contributed by atoms with Gasteiger partial charge in [0, 0.05) is 22.8 Å². The van der Waals surface area contributed by atoms with E-state index in [1.807, 2.05) is 60.7 Å². The van der Waals surface area contributed by atoms with Crippen LogP contribution in [0.3, 0.4) is 0 Å². The fraction of sp³-hybridized carbons (Fsp3) is 0.200. The molecule has 0 atom stereocenters. The molecule has 0 radical (unpaired) electrons. The number of methoxy groups -OCH3 is 2. The van der Waals surface area contributed by atoms with Gasteiger partial charge in [-0.25, -0.2) is 0 Å². The number of hydrogen-bond donors (Lipinski definition) is 1. The van der Waals surface area contributed by atoms with Crippen molar-refractivity contribution < 1.29 is 14.2 Å². The van der Waals surface area contributed by atoms with Gasteiger partial charge < -0.3 is 19.5 Å². The standard InChI is InChI=1S/C25H26ClNO3/c1-4-5-20-14-19(16-27-22-10-12-23(28-2)13-11-22)15-24(29-3)25(20)30-17-18-6-8-21(26)9-7-18/h4,6-15,27H,1,5,16-17H2,2-3H3. The second kappa shape index (κ2) is 10.6. The zero-order valence-electron chi connectivity index (χ0n) is 17.3. The summed E-state index contributed by atoms with van der Waals surface area (Å²) in [6.45, 7) is 4.97. The number of allylic oxidation sites excluding steroid dienone is 1. The zero-order chi connectivity index (χ0) is 21.3. The average Bonchev–Trinajstić information content (AvgIpc) is 2.78. The van der Waals surface area contributed by atoms with Crippen LogP contribution in [0.5, 0.6) is 17.2 Å². The second-order valence-electron chi connectivity index (χ2n) is 6.78. The van der Waals surface area contributed by atoms with Crippen LogP contribution in [-0.4, -0.2) is 14.2 Å². The Labute approximate surface area is 183 Å². The molecule has 0 bridgehead atoms. The van der Waals surface area contributed by atoms with Gasteiger partial charge in [0.15, 0.2) is 11.5 Å². The van der Waals surface area contributed by atoms with Gasteiger partial charge in [0.1, 0.15) is 12.4 Å². The fourth-order valence-corrected chi connectivity index (χ4v) is 3.22. The molecule has 0 amide bonds. The predicted octanol–water partition coefficient (Wildman–Crippen LogP) is 6.28. The highest BCUT2D eigenvalue weighted by molar-refractivity contribution is 6.30. The third kappa shape index (κ3) is 5.71. The van der Waals surface area contributed by atoms with Gasteiger partial charge >= 0.3 is 0 Å². The highest BCUT2D eigenvalue weighted by Crippen LogP contribution is 2.34. The Balaban J connectivity index is 1.77. The van der Waals surface area contributed by atoms with Crippen LogP contribution in [0.4, 0.5) is 5.69 Å². The first-order chi connectivity index (χ1) is 14.6. The second-order valence-corrected chi connectivity index (χ2v) is 7.21. The number of anilines is 1. The largest absolute Gasteiger partial charge is 0.497 e. The Bertz CT molecular complexity index is 969. The lowest BCUT2D eigenvalue weighted by Crippen LogP contribution is -2.05. The SMILES string of the molecule is C=CCc1cc(CNc2ccc(OC)cc2)cc(OC)c1OCc1ccc(Cl)cc1. The van der Waals surface area contributed by atoms with Gasteiger partial charge in [-0.1, -0.05) is 29.8 Å². The lowest BCUT2D eigenvalue weighted by Gasteiger charge is -2.17. The lowest BCUT2D eigenvalue weighted by atomic mass is 10.1. The molecule has 0 spiro atoms. The van der Waals surface area contributed by atoms with Crippen LogP contribution < -0.4 is 19.5 Å². The fourth-order valence-electron chi connectivity index (χ4n) is 3.10. The van der Waals surface area contributed by atoms with Gasteiger partial charge in [0.2, 0.25) is 0 Å². The van der Waals surface area contributed by atoms with Crippen molar-refractivity contribution in [1.82, 2.24) is 0 Å². The smallest absolute Gasteiger partial charge is 0.165 e. The molecule has 0 aliphatic heterocycles. The molecule has 0 unspecified atom stereocenters. The molecule has 1 N–H and O–H groups in total. The molecule has 0 saturated heterocycles. The summed E-state index contributed by atoms with van der Waals surface area (Å²) < 4.78 is 17.0. The summed E-state index contributed by atoms with van der Waals surface area (Å²) in [4.78, 5) is 0. The number of hydrogen-bond acceptors (Lipinski definition) is 4. The van der Waals surface area contributed by atoms with E-state index in [4.69, 9.17) is 25.8 Å². The van der Waals surface area contributed by atoms with Gasteiger partial charge in [0.25, 0.3) is 0 Å². The van der Waals surface area contributed by atoms with E-state index in [0.29, 0.717) is 30.3 Å². The quantitative estimate of drug-likeness (QED) is 0.390. The zero-order valence-corrected chi connectivity index (χ0v) is 18.0. The molecule has 3 aromatic rings. The lowest BCUT2D eigenvalue weighted by molar-refractivity contribution is 0.281. The molecular weight excluding hydrogens is 398 g/mol. The Hall–Kier alpha value is -3.11. The Kier molecular flexibility index (Phi) is 7.63. The predicted molar refractivity (Wildman–Crippen MR) is 123 cm³/mol. The summed E-state index contributed by atoms with van der Waals surface area (Å²) in [6.07, 6.45) is 2.55. The van der Waals surface area contributed by atoms with Crippen LogP contribution >= 0.6 is 11.6 Å². The molecule has 0 aliphatic carbocycles. The van der Waals surface area contributed by atoms with Crippen LogP contribution in [0.25, 0.3) is 0 Å². The summed E-state index contributed by atoms with van der Waals surface area (Å²) in [5.74, 6) is 2.27. The van der Waals surface area contributed by atoms with Crippen LogP contribution in [0.1, 0.15) is 16.7 Å². The number of rotatable bonds is 10. The third-order valence-corrected chi connectivity index (χ3v) is 4.91. The monoisotopic (exact) mass is 423 g/mol. The van der Waals surface area contributed by atoms with E-state index >= 15 is 0 Å². The molecule has 3 rings (SSSR count). The molecule has 156 valence electrons. The maximum atomic E-state index is 6.13. The van der Waals surface area contributed by atoms with Crippen LogP contribution in [0, 0.1) is 0 Å². The van der Waals surface area contributed by atoms with Crippen molar-refractivity contribution >= 4 is 17.3 Å². The van der Waals surface area contributed by atoms with Gasteiger partial charge in [-0.05, 0) is 66.1 Å². The summed E-state index contributed by atoms with van der Waals surface area (Å²) in [7, 11) is 3.31. The van der Waals surface area contributed by atoms with Crippen LogP contribution in [0.15, 0.2) is 73.3 Å². The molecule has 0 heterocycles. The summed E-state index contributed by atoms with van der Waals surface area (Å²) in [6, 6.07) is 19.6. The maximum absolute atomic E-state index is 6.13. The number of halogens is 1. The number of nitrogens with one attached hydrogen (secondary N) is 1. The van der Waals surface area contributed by atoms with E-state index in [2.05, 4.69) is 18.0 Å². The topological polar surface area (TPSA) is 39.7 Å². The first kappa shape index (κ1) is 21.6. The summed E-state index contributed by atoms with van der Waals surface area (Å²) >= 11 is 5.97. The molecule has 3 aromatic carbocycles. The minimum absolute atomic E-state index is 0.432. The summed E-state index contributed by atoms with van der Waals surface area (Å²) in [5.41, 5.74) is 4.18. The maximum Gasteiger partial charge on any atom is 0.165 e. The Morgan fingerprint density at radius 1 is 0.933 bits per heavy atom. The first-order valence-electron chi connectivity index (χ1n) is 9.68. The average molecular weight is 424 g/mol. The van der Waals surface area contributed by atoms with Crippen molar-refractivity contribution in [3.8, 4) is 17.2 Å². The van der Waals surface area contributed by atoms with Crippen molar-refractivity contribution in [3.63, 3.8) is 0 Å². The van der Waals surface area contributed by atoms with Gasteiger partial charge in [-0.2, -0.15) is 0 Å². The molecular formula is C25H26ClNO3.